The zero-order chi connectivity index (χ0) is 31.4. The number of benzene rings is 2. The van der Waals surface area contributed by atoms with E-state index in [4.69, 9.17) is 23.4 Å². The Morgan fingerprint density at radius 2 is 1.65 bits per heavy atom. The fourth-order valence-corrected chi connectivity index (χ4v) is 5.23. The molecule has 2 aliphatic rings. The molecule has 3 aromatic rings. The molecule has 10 N–H and O–H groups in total. The highest BCUT2D eigenvalue weighted by atomic mass is 16.7. The first-order valence-corrected chi connectivity index (χ1v) is 12.9. The summed E-state index contributed by atoms with van der Waals surface area (Å²) in [5.41, 5.74) is -1.39. The number of phenols is 3. The van der Waals surface area contributed by atoms with E-state index < -0.39 is 96.3 Å². The normalized spacial score (nSPS) is 32.9. The summed E-state index contributed by atoms with van der Waals surface area (Å²) in [6.45, 7) is -1.62. The van der Waals surface area contributed by atoms with Crippen molar-refractivity contribution in [3.63, 3.8) is 0 Å². The molecule has 0 spiro atoms. The van der Waals surface area contributed by atoms with Crippen LogP contribution in [0.4, 0.5) is 0 Å². The molecule has 9 unspecified atom stereocenters. The fraction of sp³-hybridized carbons (Fsp3) is 0.444. The Labute approximate surface area is 241 Å². The Hall–Kier alpha value is -3.71. The number of aromatic hydroxyl groups is 3. The van der Waals surface area contributed by atoms with Crippen molar-refractivity contribution in [2.45, 2.75) is 54.6 Å². The lowest BCUT2D eigenvalue weighted by Crippen LogP contribution is -2.76. The van der Waals surface area contributed by atoms with Crippen LogP contribution in [0.2, 0.25) is 0 Å². The Morgan fingerprint density at radius 1 is 0.930 bits per heavy atom. The van der Waals surface area contributed by atoms with Crippen LogP contribution < -0.4 is 14.9 Å². The van der Waals surface area contributed by atoms with Gasteiger partial charge in [0.25, 0.3) is 5.79 Å². The highest BCUT2D eigenvalue weighted by Crippen LogP contribution is 2.44. The number of fused-ring (bicyclic) bond motifs is 1. The van der Waals surface area contributed by atoms with E-state index in [1.165, 1.54) is 13.2 Å². The van der Waals surface area contributed by atoms with Crippen LogP contribution in [0, 0.1) is 0 Å². The molecule has 2 fully saturated rings. The van der Waals surface area contributed by atoms with Gasteiger partial charge in [0.05, 0.1) is 20.3 Å². The number of phenolic OH excluding ortho intramolecular Hbond substituents is 3. The number of methoxy groups -OCH3 is 1. The van der Waals surface area contributed by atoms with Gasteiger partial charge in [0.2, 0.25) is 11.2 Å². The highest BCUT2D eigenvalue weighted by Gasteiger charge is 2.64. The van der Waals surface area contributed by atoms with E-state index >= 15 is 0 Å². The molecule has 0 aliphatic carbocycles. The van der Waals surface area contributed by atoms with Gasteiger partial charge in [-0.3, -0.25) is 4.79 Å². The van der Waals surface area contributed by atoms with Crippen LogP contribution in [0.25, 0.3) is 22.3 Å². The average molecular weight is 611 g/mol. The summed E-state index contributed by atoms with van der Waals surface area (Å²) in [4.78, 5) is 14.1. The maximum atomic E-state index is 14.1. The van der Waals surface area contributed by atoms with Crippen molar-refractivity contribution in [1.82, 2.24) is 0 Å². The number of hydrogen-bond acceptors (Lipinski definition) is 16. The van der Waals surface area contributed by atoms with E-state index in [-0.39, 0.29) is 28.0 Å². The standard InChI is InChI=1S/C27H30O16/c1-39-14-5-10(29)6-15-17(14)20(35)24(23(41-15)9-2-3-11(30)12(31)4-9)43-27(26-22(37)18(33)13(32)8-40-26)25(38)21(36)19(34)16(7-28)42-27/h2-6,13,16,18-19,21-22,25-26,28-34,36-38H,7-8H2,1H3. The van der Waals surface area contributed by atoms with Gasteiger partial charge in [-0.2, -0.15) is 0 Å². The Bertz CT molecular complexity index is 1550. The molecule has 9 atom stereocenters. The summed E-state index contributed by atoms with van der Waals surface area (Å²) in [6.07, 6.45) is -15.7. The van der Waals surface area contributed by atoms with Crippen LogP contribution in [0.15, 0.2) is 39.5 Å². The van der Waals surface area contributed by atoms with Gasteiger partial charge in [-0.15, -0.1) is 0 Å². The largest absolute Gasteiger partial charge is 0.508 e. The van der Waals surface area contributed by atoms with Gasteiger partial charge in [0.15, 0.2) is 29.5 Å². The molecule has 3 heterocycles. The van der Waals surface area contributed by atoms with Crippen molar-refractivity contribution < 1.29 is 74.4 Å². The summed E-state index contributed by atoms with van der Waals surface area (Å²) < 4.78 is 28.4. The van der Waals surface area contributed by atoms with Crippen molar-refractivity contribution in [3.8, 4) is 40.1 Å². The lowest BCUT2D eigenvalue weighted by molar-refractivity contribution is -0.388. The number of hydrogen-bond donors (Lipinski definition) is 10. The molecule has 1 aromatic heterocycles. The predicted octanol–water partition coefficient (Wildman–Crippen LogP) is -2.38. The number of ether oxygens (including phenoxy) is 4. The van der Waals surface area contributed by atoms with Crippen LogP contribution in [-0.4, -0.2) is 126 Å². The van der Waals surface area contributed by atoms with E-state index in [9.17, 15) is 55.9 Å². The first kappa shape index (κ1) is 30.7. The molecule has 43 heavy (non-hydrogen) atoms. The van der Waals surface area contributed by atoms with Gasteiger partial charge >= 0.3 is 0 Å². The molecule has 0 amide bonds. The van der Waals surface area contributed by atoms with Crippen molar-refractivity contribution in [1.29, 1.82) is 0 Å². The van der Waals surface area contributed by atoms with Gasteiger partial charge < -0.3 is 74.4 Å². The third-order valence-electron chi connectivity index (χ3n) is 7.50. The van der Waals surface area contributed by atoms with E-state index in [1.54, 1.807) is 0 Å². The Balaban J connectivity index is 1.81. The first-order valence-electron chi connectivity index (χ1n) is 12.9. The van der Waals surface area contributed by atoms with Crippen LogP contribution in [0.3, 0.4) is 0 Å². The van der Waals surface area contributed by atoms with Crippen molar-refractivity contribution in [3.05, 3.63) is 40.6 Å². The van der Waals surface area contributed by atoms with E-state index in [0.717, 1.165) is 24.3 Å². The minimum absolute atomic E-state index is 0.105. The molecule has 0 radical (unpaired) electrons. The summed E-state index contributed by atoms with van der Waals surface area (Å²) in [6, 6.07) is 5.40. The summed E-state index contributed by atoms with van der Waals surface area (Å²) in [5.74, 6) is -5.95. The highest BCUT2D eigenvalue weighted by molar-refractivity contribution is 5.88. The van der Waals surface area contributed by atoms with Gasteiger partial charge in [-0.05, 0) is 18.2 Å². The molecule has 2 aromatic carbocycles. The number of rotatable bonds is 6. The van der Waals surface area contributed by atoms with Gasteiger partial charge in [-0.25, -0.2) is 0 Å². The third-order valence-corrected chi connectivity index (χ3v) is 7.50. The van der Waals surface area contributed by atoms with Crippen molar-refractivity contribution >= 4 is 11.0 Å². The van der Waals surface area contributed by atoms with E-state index in [2.05, 4.69) is 0 Å². The molecular formula is C27H30O16. The SMILES string of the molecule is COc1cc(O)cc2oc(-c3ccc(O)c(O)c3)c(OC3(C4OCC(O)C(O)C4O)OC(CO)C(O)C(O)C3O)c(=O)c12. The third kappa shape index (κ3) is 5.01. The van der Waals surface area contributed by atoms with Crippen LogP contribution >= 0.6 is 0 Å². The zero-order valence-electron chi connectivity index (χ0n) is 22.3. The lowest BCUT2D eigenvalue weighted by atomic mass is 9.84. The minimum atomic E-state index is -2.90. The number of aliphatic hydroxyl groups is 7. The van der Waals surface area contributed by atoms with Crippen LogP contribution in [-0.2, 0) is 9.47 Å². The average Bonchev–Trinajstić information content (AvgIpc) is 2.98. The second kappa shape index (κ2) is 11.4. The second-order valence-electron chi connectivity index (χ2n) is 10.2. The lowest BCUT2D eigenvalue weighted by Gasteiger charge is -2.53. The monoisotopic (exact) mass is 610 g/mol. The molecule has 234 valence electrons. The molecular weight excluding hydrogens is 580 g/mol. The molecule has 2 saturated heterocycles. The Morgan fingerprint density at radius 3 is 2.30 bits per heavy atom. The topological polar surface area (TPSA) is 269 Å². The fourth-order valence-electron chi connectivity index (χ4n) is 5.23. The Kier molecular flexibility index (Phi) is 8.16. The second-order valence-corrected chi connectivity index (χ2v) is 10.2. The summed E-state index contributed by atoms with van der Waals surface area (Å²) in [7, 11) is 1.19. The van der Waals surface area contributed by atoms with Crippen LogP contribution in [0.1, 0.15) is 0 Å². The predicted molar refractivity (Wildman–Crippen MR) is 141 cm³/mol. The summed E-state index contributed by atoms with van der Waals surface area (Å²) in [5, 5.41) is 104. The van der Waals surface area contributed by atoms with Gasteiger partial charge in [-0.1, -0.05) is 0 Å². The van der Waals surface area contributed by atoms with Crippen molar-refractivity contribution in [2.75, 3.05) is 20.3 Å². The number of aliphatic hydroxyl groups excluding tert-OH is 7. The van der Waals surface area contributed by atoms with Crippen molar-refractivity contribution in [2.24, 2.45) is 0 Å². The quantitative estimate of drug-likeness (QED) is 0.130. The van der Waals surface area contributed by atoms with Gasteiger partial charge in [0.1, 0.15) is 59.1 Å². The molecule has 2 aliphatic heterocycles. The molecule has 0 bridgehead atoms. The smallest absolute Gasteiger partial charge is 0.269 e. The van der Waals surface area contributed by atoms with Crippen LogP contribution in [0.5, 0.6) is 28.7 Å². The minimum Gasteiger partial charge on any atom is -0.508 e. The maximum Gasteiger partial charge on any atom is 0.269 e. The van der Waals surface area contributed by atoms with E-state index in [1.807, 2.05) is 0 Å². The maximum absolute atomic E-state index is 14.1. The first-order chi connectivity index (χ1) is 20.3. The molecule has 16 nitrogen and oxygen atoms in total. The molecule has 0 saturated carbocycles. The molecule has 16 heteroatoms. The van der Waals surface area contributed by atoms with E-state index in [0.29, 0.717) is 0 Å². The zero-order valence-corrected chi connectivity index (χ0v) is 22.3. The molecule has 5 rings (SSSR count). The summed E-state index contributed by atoms with van der Waals surface area (Å²) >= 11 is 0. The van der Waals surface area contributed by atoms with Gasteiger partial charge in [0, 0.05) is 17.7 Å².